The van der Waals surface area contributed by atoms with E-state index in [1.54, 1.807) is 6.26 Å². The van der Waals surface area contributed by atoms with Crippen molar-refractivity contribution >= 4 is 0 Å². The van der Waals surface area contributed by atoms with Crippen LogP contribution in [0, 0.1) is 0 Å². The Morgan fingerprint density at radius 1 is 1.07 bits per heavy atom. The molecule has 2 heteroatoms. The third kappa shape index (κ3) is 2.30. The quantitative estimate of drug-likeness (QED) is 0.642. The minimum absolute atomic E-state index is 0.435. The van der Waals surface area contributed by atoms with Crippen LogP contribution in [0.4, 0.5) is 0 Å². The lowest BCUT2D eigenvalue weighted by Gasteiger charge is -2.35. The SMILES string of the molecule is C=COC1CCN(C2CCCC2)CC1. The van der Waals surface area contributed by atoms with Crippen LogP contribution in [0.5, 0.6) is 0 Å². The molecule has 2 nitrogen and oxygen atoms in total. The van der Waals surface area contributed by atoms with Gasteiger partial charge in [-0.05, 0) is 25.7 Å². The molecule has 0 bridgehead atoms. The minimum atomic E-state index is 0.435. The summed E-state index contributed by atoms with van der Waals surface area (Å²) in [6, 6.07) is 0.889. The van der Waals surface area contributed by atoms with E-state index >= 15 is 0 Å². The summed E-state index contributed by atoms with van der Waals surface area (Å²) in [5.74, 6) is 0. The molecular formula is C12H21NO. The zero-order valence-electron chi connectivity index (χ0n) is 8.95. The molecule has 2 aliphatic rings. The van der Waals surface area contributed by atoms with Gasteiger partial charge in [0, 0.05) is 19.1 Å². The molecule has 0 unspecified atom stereocenters. The first-order valence-electron chi connectivity index (χ1n) is 5.90. The van der Waals surface area contributed by atoms with Gasteiger partial charge in [-0.2, -0.15) is 0 Å². The van der Waals surface area contributed by atoms with Gasteiger partial charge in [-0.3, -0.25) is 0 Å². The van der Waals surface area contributed by atoms with Crippen LogP contribution in [0.2, 0.25) is 0 Å². The van der Waals surface area contributed by atoms with Crippen molar-refractivity contribution in [3.63, 3.8) is 0 Å². The van der Waals surface area contributed by atoms with Crippen LogP contribution in [0.1, 0.15) is 38.5 Å². The maximum absolute atomic E-state index is 5.43. The van der Waals surface area contributed by atoms with Crippen molar-refractivity contribution in [3.8, 4) is 0 Å². The Morgan fingerprint density at radius 2 is 1.71 bits per heavy atom. The number of rotatable bonds is 3. The Hall–Kier alpha value is -0.500. The van der Waals surface area contributed by atoms with Crippen molar-refractivity contribution in [2.75, 3.05) is 13.1 Å². The number of hydrogen-bond donors (Lipinski definition) is 0. The number of nitrogens with zero attached hydrogens (tertiary/aromatic N) is 1. The number of ether oxygens (including phenoxy) is 1. The van der Waals surface area contributed by atoms with Gasteiger partial charge in [-0.25, -0.2) is 0 Å². The molecule has 0 aromatic carbocycles. The zero-order chi connectivity index (χ0) is 9.80. The van der Waals surface area contributed by atoms with Gasteiger partial charge in [-0.15, -0.1) is 0 Å². The maximum Gasteiger partial charge on any atom is 0.100 e. The summed E-state index contributed by atoms with van der Waals surface area (Å²) in [7, 11) is 0. The average Bonchev–Trinajstić information content (AvgIpc) is 2.72. The molecule has 14 heavy (non-hydrogen) atoms. The molecule has 1 aliphatic carbocycles. The van der Waals surface area contributed by atoms with E-state index in [9.17, 15) is 0 Å². The van der Waals surface area contributed by atoms with E-state index in [1.807, 2.05) is 0 Å². The van der Waals surface area contributed by atoms with E-state index in [2.05, 4.69) is 11.5 Å². The smallest absolute Gasteiger partial charge is 0.100 e. The third-order valence-electron chi connectivity index (χ3n) is 3.61. The Labute approximate surface area is 86.9 Å². The Kier molecular flexibility index (Phi) is 3.46. The maximum atomic E-state index is 5.43. The fraction of sp³-hybridized carbons (Fsp3) is 0.833. The molecule has 0 atom stereocenters. The van der Waals surface area contributed by atoms with Crippen molar-refractivity contribution in [1.29, 1.82) is 0 Å². The first-order chi connectivity index (χ1) is 6.90. The number of hydrogen-bond acceptors (Lipinski definition) is 2. The van der Waals surface area contributed by atoms with Gasteiger partial charge in [0.05, 0.1) is 6.26 Å². The minimum Gasteiger partial charge on any atom is -0.499 e. The summed E-state index contributed by atoms with van der Waals surface area (Å²) in [6.45, 7) is 6.07. The van der Waals surface area contributed by atoms with Crippen molar-refractivity contribution in [3.05, 3.63) is 12.8 Å². The van der Waals surface area contributed by atoms with Crippen molar-refractivity contribution in [1.82, 2.24) is 4.90 Å². The highest BCUT2D eigenvalue weighted by Gasteiger charge is 2.27. The largest absolute Gasteiger partial charge is 0.499 e. The molecule has 0 spiro atoms. The summed E-state index contributed by atoms with van der Waals surface area (Å²) in [4.78, 5) is 2.66. The Morgan fingerprint density at radius 3 is 2.29 bits per heavy atom. The summed E-state index contributed by atoms with van der Waals surface area (Å²) >= 11 is 0. The van der Waals surface area contributed by atoms with Crippen LogP contribution < -0.4 is 0 Å². The molecule has 0 aromatic rings. The van der Waals surface area contributed by atoms with Gasteiger partial charge >= 0.3 is 0 Å². The highest BCUT2D eigenvalue weighted by molar-refractivity contribution is 4.82. The van der Waals surface area contributed by atoms with Gasteiger partial charge in [0.15, 0.2) is 0 Å². The fourth-order valence-electron chi connectivity index (χ4n) is 2.78. The molecule has 1 heterocycles. The van der Waals surface area contributed by atoms with Gasteiger partial charge in [0.25, 0.3) is 0 Å². The van der Waals surface area contributed by atoms with E-state index in [-0.39, 0.29) is 0 Å². The van der Waals surface area contributed by atoms with E-state index in [0.717, 1.165) is 6.04 Å². The number of likely N-dealkylation sites (tertiary alicyclic amines) is 1. The second kappa shape index (κ2) is 4.83. The molecule has 0 N–H and O–H groups in total. The normalized spacial score (nSPS) is 26.6. The molecule has 1 saturated heterocycles. The first-order valence-corrected chi connectivity index (χ1v) is 5.90. The molecule has 1 saturated carbocycles. The van der Waals surface area contributed by atoms with Crippen LogP contribution in [-0.2, 0) is 4.74 Å². The third-order valence-corrected chi connectivity index (χ3v) is 3.61. The topological polar surface area (TPSA) is 12.5 Å². The molecule has 0 amide bonds. The van der Waals surface area contributed by atoms with Crippen LogP contribution in [0.25, 0.3) is 0 Å². The van der Waals surface area contributed by atoms with E-state index < -0.39 is 0 Å². The van der Waals surface area contributed by atoms with Gasteiger partial charge in [-0.1, -0.05) is 19.4 Å². The summed E-state index contributed by atoms with van der Waals surface area (Å²) in [5.41, 5.74) is 0. The molecule has 80 valence electrons. The monoisotopic (exact) mass is 195 g/mol. The molecule has 0 aromatic heterocycles. The highest BCUT2D eigenvalue weighted by Crippen LogP contribution is 2.26. The Balaban J connectivity index is 1.74. The fourth-order valence-corrected chi connectivity index (χ4v) is 2.78. The van der Waals surface area contributed by atoms with E-state index in [0.29, 0.717) is 6.10 Å². The van der Waals surface area contributed by atoms with Crippen LogP contribution in [-0.4, -0.2) is 30.1 Å². The average molecular weight is 195 g/mol. The van der Waals surface area contributed by atoms with Gasteiger partial charge < -0.3 is 9.64 Å². The van der Waals surface area contributed by atoms with E-state index in [4.69, 9.17) is 4.74 Å². The molecular weight excluding hydrogens is 174 g/mol. The van der Waals surface area contributed by atoms with Gasteiger partial charge in [0.2, 0.25) is 0 Å². The van der Waals surface area contributed by atoms with Crippen LogP contribution in [0.15, 0.2) is 12.8 Å². The predicted octanol–water partition coefficient (Wildman–Crippen LogP) is 2.55. The lowest BCUT2D eigenvalue weighted by atomic mass is 10.0. The summed E-state index contributed by atoms with van der Waals surface area (Å²) in [5, 5.41) is 0. The summed E-state index contributed by atoms with van der Waals surface area (Å²) < 4.78 is 5.43. The van der Waals surface area contributed by atoms with Crippen molar-refractivity contribution in [2.24, 2.45) is 0 Å². The van der Waals surface area contributed by atoms with Gasteiger partial charge in [0.1, 0.15) is 6.10 Å². The van der Waals surface area contributed by atoms with Crippen molar-refractivity contribution < 1.29 is 4.74 Å². The lowest BCUT2D eigenvalue weighted by molar-refractivity contribution is 0.0505. The first kappa shape index (κ1) is 10.0. The van der Waals surface area contributed by atoms with Crippen LogP contribution >= 0.6 is 0 Å². The number of piperidine rings is 1. The zero-order valence-corrected chi connectivity index (χ0v) is 8.95. The highest BCUT2D eigenvalue weighted by atomic mass is 16.5. The second-order valence-corrected chi connectivity index (χ2v) is 4.48. The van der Waals surface area contributed by atoms with Crippen LogP contribution in [0.3, 0.4) is 0 Å². The van der Waals surface area contributed by atoms with E-state index in [1.165, 1.54) is 51.6 Å². The molecule has 1 aliphatic heterocycles. The summed E-state index contributed by atoms with van der Waals surface area (Å²) in [6.07, 6.45) is 10.1. The lowest BCUT2D eigenvalue weighted by Crippen LogP contribution is -2.41. The standard InChI is InChI=1S/C12H21NO/c1-2-14-12-7-9-13(10-8-12)11-5-3-4-6-11/h2,11-12H,1,3-10H2. The molecule has 2 fully saturated rings. The van der Waals surface area contributed by atoms with Crippen molar-refractivity contribution in [2.45, 2.75) is 50.7 Å². The molecule has 0 radical (unpaired) electrons. The molecule has 2 rings (SSSR count). The predicted molar refractivity (Wildman–Crippen MR) is 58.1 cm³/mol. The second-order valence-electron chi connectivity index (χ2n) is 4.48. The Bertz CT molecular complexity index is 179.